The quantitative estimate of drug-likeness (QED) is 0.337. The van der Waals surface area contributed by atoms with Gasteiger partial charge in [-0.15, -0.1) is 0 Å². The van der Waals surface area contributed by atoms with Crippen LogP contribution >= 0.6 is 0 Å². The Labute approximate surface area is 155 Å². The van der Waals surface area contributed by atoms with Gasteiger partial charge in [-0.1, -0.05) is 12.1 Å². The van der Waals surface area contributed by atoms with E-state index in [-0.39, 0.29) is 30.2 Å². The van der Waals surface area contributed by atoms with Crippen LogP contribution < -0.4 is 9.47 Å². The van der Waals surface area contributed by atoms with E-state index < -0.39 is 17.8 Å². The van der Waals surface area contributed by atoms with E-state index in [4.69, 9.17) is 9.47 Å². The van der Waals surface area contributed by atoms with Gasteiger partial charge in [0.05, 0.1) is 24.7 Å². The molecule has 1 heterocycles. The van der Waals surface area contributed by atoms with Gasteiger partial charge in [0.15, 0.2) is 17.3 Å². The van der Waals surface area contributed by atoms with Crippen LogP contribution in [0.4, 0.5) is 0 Å². The summed E-state index contributed by atoms with van der Waals surface area (Å²) in [5, 5.41) is 0. The molecule has 27 heavy (non-hydrogen) atoms. The van der Waals surface area contributed by atoms with Gasteiger partial charge in [-0.3, -0.25) is 24.1 Å². The van der Waals surface area contributed by atoms with E-state index in [0.717, 1.165) is 4.90 Å². The largest absolute Gasteiger partial charge is 0.493 e. The van der Waals surface area contributed by atoms with E-state index in [9.17, 15) is 19.2 Å². The van der Waals surface area contributed by atoms with E-state index in [0.29, 0.717) is 16.7 Å². The normalized spacial score (nSPS) is 12.7. The van der Waals surface area contributed by atoms with Crippen molar-refractivity contribution in [2.24, 2.45) is 0 Å². The summed E-state index contributed by atoms with van der Waals surface area (Å²) in [7, 11) is 1.40. The van der Waals surface area contributed by atoms with Crippen LogP contribution in [-0.4, -0.2) is 42.1 Å². The van der Waals surface area contributed by atoms with Crippen molar-refractivity contribution in [2.45, 2.75) is 13.3 Å². The number of benzene rings is 2. The fourth-order valence-electron chi connectivity index (χ4n) is 2.79. The second-order valence-electron chi connectivity index (χ2n) is 5.95. The maximum atomic E-state index is 12.3. The zero-order valence-corrected chi connectivity index (χ0v) is 14.9. The number of imide groups is 1. The van der Waals surface area contributed by atoms with E-state index in [2.05, 4.69) is 0 Å². The first-order valence-corrected chi connectivity index (χ1v) is 8.27. The summed E-state index contributed by atoms with van der Waals surface area (Å²) in [6, 6.07) is 11.0. The molecule has 0 spiro atoms. The first-order valence-electron chi connectivity index (χ1n) is 8.27. The van der Waals surface area contributed by atoms with Gasteiger partial charge in [0.2, 0.25) is 0 Å². The SMILES string of the molecule is COc1cc(C(C)=O)ccc1OC(=O)CCN1C(=O)c2ccccc2C1=O. The third-order valence-electron chi connectivity index (χ3n) is 4.21. The van der Waals surface area contributed by atoms with Gasteiger partial charge < -0.3 is 9.47 Å². The highest BCUT2D eigenvalue weighted by atomic mass is 16.6. The van der Waals surface area contributed by atoms with Crippen LogP contribution in [0.25, 0.3) is 0 Å². The summed E-state index contributed by atoms with van der Waals surface area (Å²) in [6.45, 7) is 1.33. The van der Waals surface area contributed by atoms with Crippen molar-refractivity contribution in [2.75, 3.05) is 13.7 Å². The number of esters is 1. The molecule has 0 N–H and O–H groups in total. The first kappa shape index (κ1) is 18.3. The Bertz CT molecular complexity index is 914. The number of carbonyl (C=O) groups is 4. The van der Waals surface area contributed by atoms with Crippen LogP contribution in [0.1, 0.15) is 44.4 Å². The van der Waals surface area contributed by atoms with Crippen molar-refractivity contribution in [3.05, 3.63) is 59.2 Å². The summed E-state index contributed by atoms with van der Waals surface area (Å²) < 4.78 is 10.4. The van der Waals surface area contributed by atoms with Crippen molar-refractivity contribution < 1.29 is 28.7 Å². The van der Waals surface area contributed by atoms with Crippen molar-refractivity contribution in [1.82, 2.24) is 4.90 Å². The Morgan fingerprint density at radius 3 is 2.15 bits per heavy atom. The zero-order valence-electron chi connectivity index (χ0n) is 14.9. The third kappa shape index (κ3) is 3.57. The van der Waals surface area contributed by atoms with Gasteiger partial charge in [0.25, 0.3) is 11.8 Å². The molecule has 0 aliphatic carbocycles. The van der Waals surface area contributed by atoms with Crippen LogP contribution in [0.3, 0.4) is 0 Å². The maximum Gasteiger partial charge on any atom is 0.313 e. The molecule has 2 aromatic carbocycles. The first-order chi connectivity index (χ1) is 12.9. The second kappa shape index (κ2) is 7.41. The molecule has 2 aromatic rings. The molecular weight excluding hydrogens is 350 g/mol. The number of ether oxygens (including phenoxy) is 2. The Morgan fingerprint density at radius 1 is 0.963 bits per heavy atom. The number of carbonyl (C=O) groups excluding carboxylic acids is 4. The van der Waals surface area contributed by atoms with Crippen molar-refractivity contribution in [3.63, 3.8) is 0 Å². The Kier molecular flexibility index (Phi) is 5.03. The number of methoxy groups -OCH3 is 1. The summed E-state index contributed by atoms with van der Waals surface area (Å²) >= 11 is 0. The van der Waals surface area contributed by atoms with Gasteiger partial charge >= 0.3 is 5.97 Å². The molecule has 3 rings (SSSR count). The molecule has 0 atom stereocenters. The van der Waals surface area contributed by atoms with Crippen molar-refractivity contribution >= 4 is 23.6 Å². The van der Waals surface area contributed by atoms with Gasteiger partial charge in [-0.25, -0.2) is 0 Å². The molecule has 0 radical (unpaired) electrons. The Hall–Kier alpha value is -3.48. The number of rotatable bonds is 6. The van der Waals surface area contributed by atoms with Crippen LogP contribution in [0.5, 0.6) is 11.5 Å². The standard InChI is InChI=1S/C20H17NO6/c1-12(22)13-7-8-16(17(11-13)26-2)27-18(23)9-10-21-19(24)14-5-3-4-6-15(14)20(21)25/h3-8,11H,9-10H2,1-2H3. The summed E-state index contributed by atoms with van der Waals surface area (Å²) in [5.74, 6) is -1.21. The van der Waals surface area contributed by atoms with E-state index in [1.807, 2.05) is 0 Å². The molecule has 0 saturated heterocycles. The molecule has 2 amide bonds. The molecule has 1 aliphatic rings. The van der Waals surface area contributed by atoms with Crippen molar-refractivity contribution in [1.29, 1.82) is 0 Å². The summed E-state index contributed by atoms with van der Waals surface area (Å²) in [6.07, 6.45) is -0.164. The number of hydrogen-bond acceptors (Lipinski definition) is 6. The van der Waals surface area contributed by atoms with Gasteiger partial charge in [0.1, 0.15) is 0 Å². The number of Topliss-reactive ketones (excluding diaryl/α,β-unsaturated/α-hetero) is 1. The molecular formula is C20H17NO6. The van der Waals surface area contributed by atoms with Crippen LogP contribution in [0, 0.1) is 0 Å². The molecule has 7 heteroatoms. The predicted molar refractivity (Wildman–Crippen MR) is 95.1 cm³/mol. The number of hydrogen-bond donors (Lipinski definition) is 0. The molecule has 1 aliphatic heterocycles. The van der Waals surface area contributed by atoms with E-state index >= 15 is 0 Å². The smallest absolute Gasteiger partial charge is 0.313 e. The van der Waals surface area contributed by atoms with Gasteiger partial charge in [-0.2, -0.15) is 0 Å². The number of ketones is 1. The zero-order chi connectivity index (χ0) is 19.6. The minimum Gasteiger partial charge on any atom is -0.493 e. The molecule has 0 fully saturated rings. The van der Waals surface area contributed by atoms with E-state index in [1.165, 1.54) is 32.2 Å². The van der Waals surface area contributed by atoms with Crippen LogP contribution in [-0.2, 0) is 4.79 Å². The fourth-order valence-corrected chi connectivity index (χ4v) is 2.79. The molecule has 0 bridgehead atoms. The third-order valence-corrected chi connectivity index (χ3v) is 4.21. The molecule has 0 saturated carbocycles. The van der Waals surface area contributed by atoms with Crippen molar-refractivity contribution in [3.8, 4) is 11.5 Å². The Morgan fingerprint density at radius 2 is 1.59 bits per heavy atom. The molecule has 138 valence electrons. The predicted octanol–water partition coefficient (Wildman–Crippen LogP) is 2.49. The van der Waals surface area contributed by atoms with Gasteiger partial charge in [0, 0.05) is 12.1 Å². The summed E-state index contributed by atoms with van der Waals surface area (Å²) in [5.41, 5.74) is 1.09. The lowest BCUT2D eigenvalue weighted by Gasteiger charge is -2.14. The highest BCUT2D eigenvalue weighted by Gasteiger charge is 2.35. The second-order valence-corrected chi connectivity index (χ2v) is 5.95. The highest BCUT2D eigenvalue weighted by Crippen LogP contribution is 2.29. The Balaban J connectivity index is 1.65. The van der Waals surface area contributed by atoms with Gasteiger partial charge in [-0.05, 0) is 37.3 Å². The number of nitrogens with zero attached hydrogens (tertiary/aromatic N) is 1. The maximum absolute atomic E-state index is 12.3. The highest BCUT2D eigenvalue weighted by molar-refractivity contribution is 6.21. The monoisotopic (exact) mass is 367 g/mol. The lowest BCUT2D eigenvalue weighted by Crippen LogP contribution is -2.32. The molecule has 0 aromatic heterocycles. The minimum absolute atomic E-state index is 0.0843. The fraction of sp³-hybridized carbons (Fsp3) is 0.200. The average Bonchev–Trinajstić information content (AvgIpc) is 2.91. The average molecular weight is 367 g/mol. The number of amides is 2. The van der Waals surface area contributed by atoms with Crippen LogP contribution in [0.2, 0.25) is 0 Å². The molecule has 0 unspecified atom stereocenters. The summed E-state index contributed by atoms with van der Waals surface area (Å²) in [4.78, 5) is 49.2. The lowest BCUT2D eigenvalue weighted by molar-refractivity contribution is -0.134. The minimum atomic E-state index is -0.625. The lowest BCUT2D eigenvalue weighted by atomic mass is 10.1. The topological polar surface area (TPSA) is 90.0 Å². The number of fused-ring (bicyclic) bond motifs is 1. The molecule has 7 nitrogen and oxygen atoms in total. The van der Waals surface area contributed by atoms with E-state index in [1.54, 1.807) is 24.3 Å². The van der Waals surface area contributed by atoms with Crippen LogP contribution in [0.15, 0.2) is 42.5 Å².